The molecule has 0 aromatic heterocycles. The SMILES string of the molecule is CC1CCCN(C(N)=NCC2CS(=O)(=O)CCO2)C1. The van der Waals surface area contributed by atoms with Crippen LogP contribution >= 0.6 is 0 Å². The average Bonchev–Trinajstić information content (AvgIpc) is 2.35. The van der Waals surface area contributed by atoms with Gasteiger partial charge in [0.05, 0.1) is 30.8 Å². The lowest BCUT2D eigenvalue weighted by molar-refractivity contribution is 0.0780. The van der Waals surface area contributed by atoms with Crippen LogP contribution in [0.25, 0.3) is 0 Å². The highest BCUT2D eigenvalue weighted by Crippen LogP contribution is 2.15. The van der Waals surface area contributed by atoms with E-state index in [1.807, 2.05) is 0 Å². The maximum absolute atomic E-state index is 11.5. The molecule has 2 N–H and O–H groups in total. The van der Waals surface area contributed by atoms with Gasteiger partial charge in [-0.3, -0.25) is 4.99 Å². The summed E-state index contributed by atoms with van der Waals surface area (Å²) in [5.74, 6) is 1.32. The summed E-state index contributed by atoms with van der Waals surface area (Å²) in [4.78, 5) is 6.38. The van der Waals surface area contributed by atoms with Crippen molar-refractivity contribution < 1.29 is 13.2 Å². The Morgan fingerprint density at radius 2 is 2.32 bits per heavy atom. The van der Waals surface area contributed by atoms with E-state index in [-0.39, 0.29) is 24.2 Å². The molecule has 2 fully saturated rings. The van der Waals surface area contributed by atoms with E-state index in [0.717, 1.165) is 19.5 Å². The first-order chi connectivity index (χ1) is 8.96. The van der Waals surface area contributed by atoms with E-state index in [1.165, 1.54) is 6.42 Å². The van der Waals surface area contributed by atoms with Gasteiger partial charge in [0, 0.05) is 13.1 Å². The minimum Gasteiger partial charge on any atom is -0.374 e. The van der Waals surface area contributed by atoms with Crippen LogP contribution in [0.3, 0.4) is 0 Å². The predicted octanol–water partition coefficient (Wildman–Crippen LogP) is -0.153. The van der Waals surface area contributed by atoms with Gasteiger partial charge in [-0.25, -0.2) is 8.42 Å². The smallest absolute Gasteiger partial charge is 0.191 e. The molecule has 19 heavy (non-hydrogen) atoms. The first kappa shape index (κ1) is 14.6. The molecule has 2 atom stereocenters. The maximum atomic E-state index is 11.5. The van der Waals surface area contributed by atoms with Gasteiger partial charge in [0.1, 0.15) is 0 Å². The van der Waals surface area contributed by atoms with E-state index >= 15 is 0 Å². The Balaban J connectivity index is 1.87. The van der Waals surface area contributed by atoms with Crippen LogP contribution in [0, 0.1) is 5.92 Å². The Bertz CT molecular complexity index is 436. The number of piperidine rings is 1. The molecule has 0 aromatic rings. The summed E-state index contributed by atoms with van der Waals surface area (Å²) in [7, 11) is -2.96. The van der Waals surface area contributed by atoms with Crippen molar-refractivity contribution >= 4 is 15.8 Å². The lowest BCUT2D eigenvalue weighted by Gasteiger charge is -2.32. The summed E-state index contributed by atoms with van der Waals surface area (Å²) in [6.45, 7) is 4.66. The molecular weight excluding hydrogens is 266 g/mol. The normalized spacial score (nSPS) is 32.3. The van der Waals surface area contributed by atoms with Gasteiger partial charge in [-0.2, -0.15) is 0 Å². The number of guanidine groups is 1. The van der Waals surface area contributed by atoms with Crippen molar-refractivity contribution in [1.29, 1.82) is 0 Å². The molecule has 2 heterocycles. The van der Waals surface area contributed by atoms with E-state index in [9.17, 15) is 8.42 Å². The number of hydrogen-bond acceptors (Lipinski definition) is 4. The molecule has 6 nitrogen and oxygen atoms in total. The number of rotatable bonds is 2. The second-order valence-corrected chi connectivity index (χ2v) is 7.73. The van der Waals surface area contributed by atoms with E-state index in [1.54, 1.807) is 0 Å². The molecule has 7 heteroatoms. The van der Waals surface area contributed by atoms with Crippen molar-refractivity contribution in [3.63, 3.8) is 0 Å². The number of hydrogen-bond donors (Lipinski definition) is 1. The molecular formula is C12H23N3O3S. The molecule has 2 rings (SSSR count). The molecule has 0 bridgehead atoms. The summed E-state index contributed by atoms with van der Waals surface area (Å²) in [6.07, 6.45) is 2.01. The molecule has 0 spiro atoms. The zero-order valence-electron chi connectivity index (χ0n) is 11.4. The first-order valence-corrected chi connectivity index (χ1v) is 8.65. The van der Waals surface area contributed by atoms with Crippen molar-refractivity contribution in [3.05, 3.63) is 0 Å². The molecule has 0 saturated carbocycles. The third-order valence-corrected chi connectivity index (χ3v) is 5.29. The van der Waals surface area contributed by atoms with Crippen LogP contribution in [0.5, 0.6) is 0 Å². The second kappa shape index (κ2) is 6.09. The van der Waals surface area contributed by atoms with E-state index < -0.39 is 9.84 Å². The molecule has 0 amide bonds. The number of likely N-dealkylation sites (tertiary alicyclic amines) is 1. The minimum absolute atomic E-state index is 0.0557. The monoisotopic (exact) mass is 289 g/mol. The Morgan fingerprint density at radius 3 is 3.00 bits per heavy atom. The van der Waals surface area contributed by atoms with Gasteiger partial charge in [0.15, 0.2) is 15.8 Å². The van der Waals surface area contributed by atoms with E-state index in [0.29, 0.717) is 18.4 Å². The second-order valence-electron chi connectivity index (χ2n) is 5.50. The van der Waals surface area contributed by atoms with Crippen LogP contribution in [0.15, 0.2) is 4.99 Å². The van der Waals surface area contributed by atoms with Crippen LogP contribution < -0.4 is 5.73 Å². The summed E-state index contributed by atoms with van der Waals surface area (Å²) < 4.78 is 28.4. The zero-order chi connectivity index (χ0) is 13.9. The summed E-state index contributed by atoms with van der Waals surface area (Å²) in [5.41, 5.74) is 5.97. The first-order valence-electron chi connectivity index (χ1n) is 6.83. The zero-order valence-corrected chi connectivity index (χ0v) is 12.2. The van der Waals surface area contributed by atoms with Crippen molar-refractivity contribution in [2.24, 2.45) is 16.6 Å². The molecule has 0 aliphatic carbocycles. The maximum Gasteiger partial charge on any atom is 0.191 e. The van der Waals surface area contributed by atoms with Gasteiger partial charge >= 0.3 is 0 Å². The number of ether oxygens (including phenoxy) is 1. The fraction of sp³-hybridized carbons (Fsp3) is 0.917. The van der Waals surface area contributed by atoms with Crippen molar-refractivity contribution in [2.45, 2.75) is 25.9 Å². The molecule has 0 aromatic carbocycles. The molecule has 2 aliphatic rings. The van der Waals surface area contributed by atoms with Crippen LogP contribution in [0.4, 0.5) is 0 Å². The van der Waals surface area contributed by atoms with Gasteiger partial charge < -0.3 is 15.4 Å². The Morgan fingerprint density at radius 1 is 1.53 bits per heavy atom. The molecule has 2 aliphatic heterocycles. The fourth-order valence-electron chi connectivity index (χ4n) is 2.55. The van der Waals surface area contributed by atoms with Gasteiger partial charge in [0.25, 0.3) is 0 Å². The standard InChI is InChI=1S/C12H23N3O3S/c1-10-3-2-4-15(8-10)12(13)14-7-11-9-19(16,17)6-5-18-11/h10-11H,2-9H2,1H3,(H2,13,14). The van der Waals surface area contributed by atoms with Crippen LogP contribution in [-0.2, 0) is 14.6 Å². The molecule has 0 radical (unpaired) electrons. The number of aliphatic imine (C=N–C) groups is 1. The highest BCUT2D eigenvalue weighted by Gasteiger charge is 2.25. The average molecular weight is 289 g/mol. The van der Waals surface area contributed by atoms with Crippen molar-refractivity contribution in [1.82, 2.24) is 4.90 Å². The highest BCUT2D eigenvalue weighted by molar-refractivity contribution is 7.91. The lowest BCUT2D eigenvalue weighted by Crippen LogP contribution is -2.44. The molecule has 110 valence electrons. The third-order valence-electron chi connectivity index (χ3n) is 3.63. The number of nitrogens with zero attached hydrogens (tertiary/aromatic N) is 2. The predicted molar refractivity (Wildman–Crippen MR) is 74.9 cm³/mol. The highest BCUT2D eigenvalue weighted by atomic mass is 32.2. The Labute approximate surface area is 114 Å². The van der Waals surface area contributed by atoms with Gasteiger partial charge in [-0.1, -0.05) is 6.92 Å². The molecule has 2 saturated heterocycles. The number of sulfone groups is 1. The topological polar surface area (TPSA) is 85.0 Å². The fourth-order valence-corrected chi connectivity index (χ4v) is 3.84. The Hall–Kier alpha value is -0.820. The lowest BCUT2D eigenvalue weighted by atomic mass is 10.0. The van der Waals surface area contributed by atoms with Gasteiger partial charge in [-0.15, -0.1) is 0 Å². The third kappa shape index (κ3) is 4.35. The van der Waals surface area contributed by atoms with Crippen molar-refractivity contribution in [2.75, 3.05) is 37.7 Å². The van der Waals surface area contributed by atoms with Crippen molar-refractivity contribution in [3.8, 4) is 0 Å². The molecule has 2 unspecified atom stereocenters. The van der Waals surface area contributed by atoms with Gasteiger partial charge in [-0.05, 0) is 18.8 Å². The quantitative estimate of drug-likeness (QED) is 0.564. The van der Waals surface area contributed by atoms with Gasteiger partial charge in [0.2, 0.25) is 0 Å². The van der Waals surface area contributed by atoms with Crippen LogP contribution in [-0.4, -0.2) is 63.1 Å². The van der Waals surface area contributed by atoms with E-state index in [4.69, 9.17) is 10.5 Å². The number of nitrogens with two attached hydrogens (primary N) is 1. The Kier molecular flexibility index (Phi) is 4.67. The minimum atomic E-state index is -2.96. The van der Waals surface area contributed by atoms with Crippen LogP contribution in [0.2, 0.25) is 0 Å². The summed E-state index contributed by atoms with van der Waals surface area (Å²) >= 11 is 0. The van der Waals surface area contributed by atoms with E-state index in [2.05, 4.69) is 16.8 Å². The largest absolute Gasteiger partial charge is 0.374 e. The van der Waals surface area contributed by atoms with Crippen LogP contribution in [0.1, 0.15) is 19.8 Å². The summed E-state index contributed by atoms with van der Waals surface area (Å²) in [5, 5.41) is 0. The summed E-state index contributed by atoms with van der Waals surface area (Å²) in [6, 6.07) is 0.